The lowest BCUT2D eigenvalue weighted by Crippen LogP contribution is -2.26. The maximum atomic E-state index is 13.2. The normalized spacial score (nSPS) is 14.4. The number of halogens is 1. The standard InChI is InChI=1S/C23H23FN4O/c1-15(16-2-4-18(24)5-3-16)10-20-11-17(23(29)28-19-6-7-19)12-21(27-20)13-22-14-25-8-9-26-22/h2-5,8-9,11-12,14-15,19H,6-7,10,13H2,1H3,(H,28,29)/t15-/m1/s1. The first-order valence-corrected chi connectivity index (χ1v) is 9.88. The first-order chi connectivity index (χ1) is 14.1. The lowest BCUT2D eigenvalue weighted by atomic mass is 9.95. The van der Waals surface area contributed by atoms with Crippen molar-refractivity contribution in [1.29, 1.82) is 0 Å². The summed E-state index contributed by atoms with van der Waals surface area (Å²) in [5, 5.41) is 3.04. The summed E-state index contributed by atoms with van der Waals surface area (Å²) in [6.07, 6.45) is 8.23. The van der Waals surface area contributed by atoms with E-state index in [1.165, 1.54) is 12.1 Å². The molecule has 1 fully saturated rings. The van der Waals surface area contributed by atoms with Crippen LogP contribution < -0.4 is 5.32 Å². The molecule has 0 aliphatic heterocycles. The van der Waals surface area contributed by atoms with Gasteiger partial charge in [-0.15, -0.1) is 0 Å². The number of nitrogens with zero attached hydrogens (tertiary/aromatic N) is 3. The number of hydrogen-bond acceptors (Lipinski definition) is 4. The molecule has 0 bridgehead atoms. The highest BCUT2D eigenvalue weighted by molar-refractivity contribution is 5.94. The molecule has 1 saturated carbocycles. The fourth-order valence-electron chi connectivity index (χ4n) is 3.30. The molecular weight excluding hydrogens is 367 g/mol. The highest BCUT2D eigenvalue weighted by Crippen LogP contribution is 2.23. The molecule has 1 N–H and O–H groups in total. The van der Waals surface area contributed by atoms with E-state index >= 15 is 0 Å². The van der Waals surface area contributed by atoms with Crippen molar-refractivity contribution in [1.82, 2.24) is 20.3 Å². The van der Waals surface area contributed by atoms with E-state index in [0.29, 0.717) is 24.4 Å². The zero-order chi connectivity index (χ0) is 20.2. The van der Waals surface area contributed by atoms with Crippen molar-refractivity contribution >= 4 is 5.91 Å². The van der Waals surface area contributed by atoms with Crippen LogP contribution in [0.5, 0.6) is 0 Å². The fraction of sp³-hybridized carbons (Fsp3) is 0.304. The van der Waals surface area contributed by atoms with E-state index < -0.39 is 0 Å². The van der Waals surface area contributed by atoms with Gasteiger partial charge in [0.1, 0.15) is 5.82 Å². The number of aromatic nitrogens is 3. The van der Waals surface area contributed by atoms with Crippen molar-refractivity contribution in [2.75, 3.05) is 0 Å². The fourth-order valence-corrected chi connectivity index (χ4v) is 3.30. The third-order valence-electron chi connectivity index (χ3n) is 5.04. The summed E-state index contributed by atoms with van der Waals surface area (Å²) in [7, 11) is 0. The molecule has 4 rings (SSSR count). The predicted octanol–water partition coefficient (Wildman–Crippen LogP) is 3.84. The number of pyridine rings is 1. The summed E-state index contributed by atoms with van der Waals surface area (Å²) in [5.74, 6) is -0.163. The molecule has 148 valence electrons. The van der Waals surface area contributed by atoms with Gasteiger partial charge in [-0.05, 0) is 55.0 Å². The van der Waals surface area contributed by atoms with Crippen LogP contribution in [-0.4, -0.2) is 26.9 Å². The predicted molar refractivity (Wildman–Crippen MR) is 108 cm³/mol. The molecule has 3 aromatic rings. The Morgan fingerprint density at radius 2 is 1.90 bits per heavy atom. The Kier molecular flexibility index (Phi) is 5.60. The van der Waals surface area contributed by atoms with E-state index in [2.05, 4.69) is 22.2 Å². The van der Waals surface area contributed by atoms with Gasteiger partial charge in [0, 0.05) is 48.0 Å². The number of rotatable bonds is 7. The summed E-state index contributed by atoms with van der Waals surface area (Å²) in [5.41, 5.74) is 4.08. The Morgan fingerprint density at radius 3 is 2.59 bits per heavy atom. The number of carbonyl (C=O) groups excluding carboxylic acids is 1. The van der Waals surface area contributed by atoms with Crippen LogP contribution >= 0.6 is 0 Å². The van der Waals surface area contributed by atoms with E-state index in [1.807, 2.05) is 12.1 Å². The molecule has 1 aromatic carbocycles. The van der Waals surface area contributed by atoms with E-state index in [0.717, 1.165) is 35.5 Å². The molecule has 2 aromatic heterocycles. The van der Waals surface area contributed by atoms with Gasteiger partial charge in [-0.1, -0.05) is 19.1 Å². The third-order valence-corrected chi connectivity index (χ3v) is 5.04. The number of carbonyl (C=O) groups is 1. The SMILES string of the molecule is C[C@H](Cc1cc(C(=O)NC2CC2)cc(Cc2cnccn2)n1)c1ccc(F)cc1. The number of benzene rings is 1. The summed E-state index contributed by atoms with van der Waals surface area (Å²) >= 11 is 0. The maximum Gasteiger partial charge on any atom is 0.251 e. The van der Waals surface area contributed by atoms with Crippen molar-refractivity contribution in [3.05, 3.63) is 89.0 Å². The second kappa shape index (κ2) is 8.47. The Bertz CT molecular complexity index is 988. The summed E-state index contributed by atoms with van der Waals surface area (Å²) in [6.45, 7) is 2.08. The van der Waals surface area contributed by atoms with E-state index in [-0.39, 0.29) is 17.6 Å². The smallest absolute Gasteiger partial charge is 0.251 e. The van der Waals surface area contributed by atoms with Crippen molar-refractivity contribution < 1.29 is 9.18 Å². The van der Waals surface area contributed by atoms with Crippen molar-refractivity contribution in [3.8, 4) is 0 Å². The molecular formula is C23H23FN4O. The van der Waals surface area contributed by atoms with Crippen LogP contribution in [0.3, 0.4) is 0 Å². The Labute approximate surface area is 169 Å². The van der Waals surface area contributed by atoms with Crippen molar-refractivity contribution in [3.63, 3.8) is 0 Å². The van der Waals surface area contributed by atoms with E-state index in [9.17, 15) is 9.18 Å². The van der Waals surface area contributed by atoms with Crippen LogP contribution in [0.15, 0.2) is 55.0 Å². The minimum atomic E-state index is -0.246. The summed E-state index contributed by atoms with van der Waals surface area (Å²) in [4.78, 5) is 25.8. The zero-order valence-electron chi connectivity index (χ0n) is 16.3. The third kappa shape index (κ3) is 5.22. The van der Waals surface area contributed by atoms with Crippen LogP contribution in [0.1, 0.15) is 58.7 Å². The minimum Gasteiger partial charge on any atom is -0.349 e. The van der Waals surface area contributed by atoms with Gasteiger partial charge in [0.25, 0.3) is 5.91 Å². The molecule has 0 saturated heterocycles. The first kappa shape index (κ1) is 19.2. The monoisotopic (exact) mass is 390 g/mol. The second-order valence-corrected chi connectivity index (χ2v) is 7.62. The molecule has 1 aliphatic carbocycles. The van der Waals surface area contributed by atoms with Gasteiger partial charge < -0.3 is 5.32 Å². The largest absolute Gasteiger partial charge is 0.349 e. The van der Waals surface area contributed by atoms with Gasteiger partial charge in [0.2, 0.25) is 0 Å². The molecule has 0 radical (unpaired) electrons. The Morgan fingerprint density at radius 1 is 1.14 bits per heavy atom. The number of amides is 1. The maximum absolute atomic E-state index is 13.2. The number of nitrogens with one attached hydrogen (secondary N) is 1. The Hall–Kier alpha value is -3.15. The van der Waals surface area contributed by atoms with Crippen molar-refractivity contribution in [2.45, 2.75) is 44.6 Å². The summed E-state index contributed by atoms with van der Waals surface area (Å²) < 4.78 is 13.2. The van der Waals surface area contributed by atoms with Gasteiger partial charge >= 0.3 is 0 Å². The van der Waals surface area contributed by atoms with Crippen LogP contribution in [-0.2, 0) is 12.8 Å². The van der Waals surface area contributed by atoms with E-state index in [4.69, 9.17) is 4.98 Å². The molecule has 2 heterocycles. The van der Waals surface area contributed by atoms with Gasteiger partial charge in [0.15, 0.2) is 0 Å². The van der Waals surface area contributed by atoms with Crippen LogP contribution in [0.25, 0.3) is 0 Å². The lowest BCUT2D eigenvalue weighted by Gasteiger charge is -2.14. The topological polar surface area (TPSA) is 67.8 Å². The number of hydrogen-bond donors (Lipinski definition) is 1. The zero-order valence-corrected chi connectivity index (χ0v) is 16.3. The lowest BCUT2D eigenvalue weighted by molar-refractivity contribution is 0.0950. The molecule has 1 amide bonds. The van der Waals surface area contributed by atoms with Gasteiger partial charge in [0.05, 0.1) is 5.69 Å². The van der Waals surface area contributed by atoms with E-state index in [1.54, 1.807) is 30.7 Å². The average molecular weight is 390 g/mol. The molecule has 6 heteroatoms. The van der Waals surface area contributed by atoms with Crippen LogP contribution in [0, 0.1) is 5.82 Å². The van der Waals surface area contributed by atoms with Gasteiger partial charge in [-0.3, -0.25) is 19.7 Å². The first-order valence-electron chi connectivity index (χ1n) is 9.88. The minimum absolute atomic E-state index is 0.0639. The van der Waals surface area contributed by atoms with Crippen LogP contribution in [0.4, 0.5) is 4.39 Å². The molecule has 29 heavy (non-hydrogen) atoms. The van der Waals surface area contributed by atoms with Gasteiger partial charge in [-0.2, -0.15) is 0 Å². The molecule has 0 spiro atoms. The summed E-state index contributed by atoms with van der Waals surface area (Å²) in [6, 6.07) is 10.5. The van der Waals surface area contributed by atoms with Gasteiger partial charge in [-0.25, -0.2) is 4.39 Å². The molecule has 5 nitrogen and oxygen atoms in total. The molecule has 1 atom stereocenters. The average Bonchev–Trinajstić information content (AvgIpc) is 3.53. The highest BCUT2D eigenvalue weighted by atomic mass is 19.1. The van der Waals surface area contributed by atoms with Crippen LogP contribution in [0.2, 0.25) is 0 Å². The quantitative estimate of drug-likeness (QED) is 0.666. The Balaban J connectivity index is 1.59. The molecule has 1 aliphatic rings. The van der Waals surface area contributed by atoms with Crippen molar-refractivity contribution in [2.24, 2.45) is 0 Å². The highest BCUT2D eigenvalue weighted by Gasteiger charge is 2.24. The molecule has 0 unspecified atom stereocenters. The second-order valence-electron chi connectivity index (χ2n) is 7.62.